The van der Waals surface area contributed by atoms with E-state index in [-0.39, 0.29) is 12.4 Å². The molecule has 0 spiro atoms. The van der Waals surface area contributed by atoms with Crippen LogP contribution in [-0.4, -0.2) is 40.9 Å². The van der Waals surface area contributed by atoms with Crippen molar-refractivity contribution in [2.45, 2.75) is 25.2 Å². The van der Waals surface area contributed by atoms with Gasteiger partial charge in [0.15, 0.2) is 0 Å². The Morgan fingerprint density at radius 2 is 1.64 bits per heavy atom. The van der Waals surface area contributed by atoms with Gasteiger partial charge in [0.25, 0.3) is 5.91 Å². The average Bonchev–Trinajstić information content (AvgIpc) is 2.94. The van der Waals surface area contributed by atoms with Crippen LogP contribution >= 0.6 is 0 Å². The van der Waals surface area contributed by atoms with Crippen molar-refractivity contribution in [2.24, 2.45) is 4.99 Å². The van der Waals surface area contributed by atoms with Gasteiger partial charge in [-0.15, -0.1) is 0 Å². The molecule has 5 nitrogen and oxygen atoms in total. The Kier molecular flexibility index (Phi) is 5.22. The van der Waals surface area contributed by atoms with Gasteiger partial charge in [-0.25, -0.2) is 4.99 Å². The summed E-state index contributed by atoms with van der Waals surface area (Å²) in [5, 5.41) is 1.73. The van der Waals surface area contributed by atoms with Crippen molar-refractivity contribution in [1.82, 2.24) is 10.2 Å². The fourth-order valence-corrected chi connectivity index (χ4v) is 3.05. The molecule has 0 fully saturated rings. The van der Waals surface area contributed by atoms with Gasteiger partial charge in [0.1, 0.15) is 5.84 Å². The number of halogens is 3. The van der Waals surface area contributed by atoms with Crippen molar-refractivity contribution < 1.29 is 22.8 Å². The Labute approximate surface area is 159 Å². The van der Waals surface area contributed by atoms with Gasteiger partial charge in [-0.1, -0.05) is 60.7 Å². The lowest BCUT2D eigenvalue weighted by Crippen LogP contribution is -2.63. The first-order valence-electron chi connectivity index (χ1n) is 8.61. The Morgan fingerprint density at radius 1 is 1.07 bits per heavy atom. The van der Waals surface area contributed by atoms with Crippen molar-refractivity contribution in [2.75, 3.05) is 6.54 Å². The van der Waals surface area contributed by atoms with E-state index in [1.165, 1.54) is 0 Å². The minimum atomic E-state index is -5.09. The molecule has 0 radical (unpaired) electrons. The van der Waals surface area contributed by atoms with Crippen LogP contribution in [-0.2, 0) is 16.0 Å². The van der Waals surface area contributed by atoms with Crippen LogP contribution < -0.4 is 5.32 Å². The summed E-state index contributed by atoms with van der Waals surface area (Å²) in [6.45, 7) is 0.916. The Hall–Kier alpha value is -3.16. The van der Waals surface area contributed by atoms with Crippen LogP contribution in [0.3, 0.4) is 0 Å². The number of hydrogen-bond donors (Lipinski definition) is 1. The molecule has 1 aliphatic heterocycles. The molecule has 2 amide bonds. The maximum absolute atomic E-state index is 13.9. The molecule has 28 heavy (non-hydrogen) atoms. The summed E-state index contributed by atoms with van der Waals surface area (Å²) in [7, 11) is 0. The third-order valence-electron chi connectivity index (χ3n) is 4.35. The van der Waals surface area contributed by atoms with E-state index >= 15 is 0 Å². The molecule has 2 aromatic rings. The first kappa shape index (κ1) is 19.6. The van der Waals surface area contributed by atoms with Crippen molar-refractivity contribution in [3.05, 3.63) is 71.8 Å². The molecule has 0 bridgehead atoms. The van der Waals surface area contributed by atoms with Gasteiger partial charge >= 0.3 is 11.8 Å². The second-order valence-electron chi connectivity index (χ2n) is 6.38. The minimum Gasteiger partial charge on any atom is -0.317 e. The van der Waals surface area contributed by atoms with E-state index in [1.54, 1.807) is 35.6 Å². The molecule has 3 rings (SSSR count). The minimum absolute atomic E-state index is 0.00596. The van der Waals surface area contributed by atoms with Crippen LogP contribution in [0.25, 0.3) is 0 Å². The lowest BCUT2D eigenvalue weighted by molar-refractivity contribution is -0.199. The zero-order valence-electron chi connectivity index (χ0n) is 15.0. The summed E-state index contributed by atoms with van der Waals surface area (Å²) in [5.74, 6) is -2.43. The smallest absolute Gasteiger partial charge is 0.317 e. The zero-order chi connectivity index (χ0) is 20.4. The van der Waals surface area contributed by atoms with Gasteiger partial charge in [-0.2, -0.15) is 13.2 Å². The van der Waals surface area contributed by atoms with Gasteiger partial charge in [0, 0.05) is 19.0 Å². The number of carbonyl (C=O) groups excluding carboxylic acids is 2. The van der Waals surface area contributed by atoms with E-state index in [9.17, 15) is 22.8 Å². The molecule has 1 atom stereocenters. The fourth-order valence-electron chi connectivity index (χ4n) is 3.05. The predicted octanol–water partition coefficient (Wildman–Crippen LogP) is 2.91. The first-order chi connectivity index (χ1) is 13.2. The molecule has 0 aromatic heterocycles. The van der Waals surface area contributed by atoms with Crippen LogP contribution in [0.5, 0.6) is 0 Å². The maximum Gasteiger partial charge on any atom is 0.442 e. The van der Waals surface area contributed by atoms with Gasteiger partial charge in [-0.3, -0.25) is 14.5 Å². The van der Waals surface area contributed by atoms with Crippen LogP contribution in [0.1, 0.15) is 18.1 Å². The maximum atomic E-state index is 13.9. The predicted molar refractivity (Wildman–Crippen MR) is 97.4 cm³/mol. The normalized spacial score (nSPS) is 19.5. The van der Waals surface area contributed by atoms with Gasteiger partial charge in [-0.05, 0) is 12.0 Å². The number of nitrogens with one attached hydrogen (secondary N) is 1. The number of amides is 2. The zero-order valence-corrected chi connectivity index (χ0v) is 15.0. The van der Waals surface area contributed by atoms with Crippen molar-refractivity contribution in [1.29, 1.82) is 0 Å². The molecular formula is C20H18F3N3O2. The number of hydrogen-bond acceptors (Lipinski definition) is 3. The standard InChI is InChI=1S/C20H18F3N3O2/c1-14(27)24-19(20(21,22)23)18(28)26(13-12-15-8-4-2-5-9-15)17(25-19)16-10-6-3-7-11-16/h2-11H,12-13H2,1H3,(H,24,27). The molecule has 0 saturated carbocycles. The second kappa shape index (κ2) is 7.46. The summed E-state index contributed by atoms with van der Waals surface area (Å²) in [6.07, 6.45) is -4.75. The average molecular weight is 389 g/mol. The molecule has 2 aromatic carbocycles. The van der Waals surface area contributed by atoms with Crippen LogP contribution in [0, 0.1) is 0 Å². The number of nitrogens with zero attached hydrogens (tertiary/aromatic N) is 2. The third-order valence-corrected chi connectivity index (χ3v) is 4.35. The summed E-state index contributed by atoms with van der Waals surface area (Å²) < 4.78 is 41.6. The largest absolute Gasteiger partial charge is 0.442 e. The lowest BCUT2D eigenvalue weighted by Gasteiger charge is -2.28. The van der Waals surface area contributed by atoms with Gasteiger partial charge < -0.3 is 5.32 Å². The van der Waals surface area contributed by atoms with E-state index < -0.39 is 23.7 Å². The summed E-state index contributed by atoms with van der Waals surface area (Å²) in [6, 6.07) is 17.2. The molecule has 1 N–H and O–H groups in total. The summed E-state index contributed by atoms with van der Waals surface area (Å²) >= 11 is 0. The fraction of sp³-hybridized carbons (Fsp3) is 0.250. The van der Waals surface area contributed by atoms with E-state index in [2.05, 4.69) is 4.99 Å². The number of amidine groups is 1. The van der Waals surface area contributed by atoms with Crippen LogP contribution in [0.15, 0.2) is 65.7 Å². The molecule has 1 aliphatic rings. The number of rotatable bonds is 5. The van der Waals surface area contributed by atoms with E-state index in [0.29, 0.717) is 12.0 Å². The quantitative estimate of drug-likeness (QED) is 0.855. The Morgan fingerprint density at radius 3 is 2.18 bits per heavy atom. The molecular weight excluding hydrogens is 371 g/mol. The topological polar surface area (TPSA) is 61.8 Å². The van der Waals surface area contributed by atoms with Gasteiger partial charge in [0.2, 0.25) is 5.91 Å². The van der Waals surface area contributed by atoms with E-state index in [4.69, 9.17) is 0 Å². The van der Waals surface area contributed by atoms with Crippen molar-refractivity contribution in [3.63, 3.8) is 0 Å². The van der Waals surface area contributed by atoms with Crippen molar-refractivity contribution in [3.8, 4) is 0 Å². The SMILES string of the molecule is CC(=O)NC1(C(F)(F)F)N=C(c2ccccc2)N(CCc2ccccc2)C1=O. The van der Waals surface area contributed by atoms with Crippen molar-refractivity contribution >= 4 is 17.6 Å². The summed E-state index contributed by atoms with van der Waals surface area (Å²) in [5.41, 5.74) is -2.09. The number of carbonyl (C=O) groups is 2. The molecule has 8 heteroatoms. The molecule has 1 heterocycles. The molecule has 0 aliphatic carbocycles. The highest BCUT2D eigenvalue weighted by Gasteiger charge is 2.66. The number of benzene rings is 2. The van der Waals surface area contributed by atoms with Gasteiger partial charge in [0.05, 0.1) is 0 Å². The monoisotopic (exact) mass is 389 g/mol. The Balaban J connectivity index is 2.03. The highest BCUT2D eigenvalue weighted by molar-refractivity contribution is 6.16. The lowest BCUT2D eigenvalue weighted by atomic mass is 10.1. The highest BCUT2D eigenvalue weighted by atomic mass is 19.4. The molecule has 146 valence electrons. The number of alkyl halides is 3. The van der Waals surface area contributed by atoms with E-state index in [0.717, 1.165) is 17.4 Å². The Bertz CT molecular complexity index is 898. The highest BCUT2D eigenvalue weighted by Crippen LogP contribution is 2.38. The third kappa shape index (κ3) is 3.62. The summed E-state index contributed by atoms with van der Waals surface area (Å²) in [4.78, 5) is 29.1. The number of aliphatic imine (C=N–C) groups is 1. The second-order valence-corrected chi connectivity index (χ2v) is 6.38. The van der Waals surface area contributed by atoms with Crippen LogP contribution in [0.2, 0.25) is 0 Å². The first-order valence-corrected chi connectivity index (χ1v) is 8.61. The van der Waals surface area contributed by atoms with E-state index in [1.807, 2.05) is 30.3 Å². The molecule has 0 saturated heterocycles. The molecule has 1 unspecified atom stereocenters. The van der Waals surface area contributed by atoms with Crippen LogP contribution in [0.4, 0.5) is 13.2 Å².